The molecule has 0 atom stereocenters. The molecule has 0 aliphatic heterocycles. The number of esters is 1. The fourth-order valence-electron chi connectivity index (χ4n) is 2.61. The molecule has 0 unspecified atom stereocenters. The van der Waals surface area contributed by atoms with Gasteiger partial charge in [0.05, 0.1) is 13.2 Å². The van der Waals surface area contributed by atoms with Gasteiger partial charge in [-0.2, -0.15) is 0 Å². The van der Waals surface area contributed by atoms with E-state index in [1.165, 1.54) is 0 Å². The third kappa shape index (κ3) is 4.06. The molecule has 1 aromatic heterocycles. The summed E-state index contributed by atoms with van der Waals surface area (Å²) in [5.74, 6) is -0.000544. The highest BCUT2D eigenvalue weighted by Crippen LogP contribution is 2.36. The van der Waals surface area contributed by atoms with Crippen molar-refractivity contribution in [1.29, 1.82) is 0 Å². The second-order valence-corrected chi connectivity index (χ2v) is 8.21. The zero-order valence-corrected chi connectivity index (χ0v) is 16.5. The summed E-state index contributed by atoms with van der Waals surface area (Å²) in [5, 5.41) is 0.490. The molecule has 1 N–H and O–H groups in total. The van der Waals surface area contributed by atoms with E-state index >= 15 is 0 Å². The first-order chi connectivity index (χ1) is 13.0. The van der Waals surface area contributed by atoms with Crippen LogP contribution in [0.3, 0.4) is 0 Å². The van der Waals surface area contributed by atoms with Crippen LogP contribution in [0.4, 0.5) is 5.69 Å². The minimum atomic E-state index is -4.00. The first-order valence-electron chi connectivity index (χ1n) is 8.40. The molecule has 3 aromatic rings. The largest absolute Gasteiger partial charge is 0.494 e. The highest BCUT2D eigenvalue weighted by atomic mass is 32.2. The molecule has 0 amide bonds. The number of benzene rings is 2. The van der Waals surface area contributed by atoms with Gasteiger partial charge in [0.1, 0.15) is 15.5 Å². The van der Waals surface area contributed by atoms with E-state index in [1.807, 2.05) is 6.92 Å². The summed E-state index contributed by atoms with van der Waals surface area (Å²) in [7, 11) is -4.00. The van der Waals surface area contributed by atoms with E-state index < -0.39 is 16.0 Å². The smallest absolute Gasteiger partial charge is 0.349 e. The molecule has 6 nitrogen and oxygen atoms in total. The van der Waals surface area contributed by atoms with Gasteiger partial charge in [-0.1, -0.05) is 18.2 Å². The van der Waals surface area contributed by atoms with Crippen LogP contribution >= 0.6 is 11.3 Å². The summed E-state index contributed by atoms with van der Waals surface area (Å²) < 4.78 is 39.8. The Bertz CT molecular complexity index is 1060. The van der Waals surface area contributed by atoms with Crippen LogP contribution in [0.25, 0.3) is 10.1 Å². The summed E-state index contributed by atoms with van der Waals surface area (Å²) in [6.07, 6.45) is 0. The number of carbonyl (C=O) groups excluding carboxylic acids is 1. The summed E-state index contributed by atoms with van der Waals surface area (Å²) in [6, 6.07) is 13.6. The summed E-state index contributed by atoms with van der Waals surface area (Å²) >= 11 is 1.10. The highest BCUT2D eigenvalue weighted by Gasteiger charge is 2.29. The van der Waals surface area contributed by atoms with Crippen LogP contribution in [-0.2, 0) is 14.8 Å². The quantitative estimate of drug-likeness (QED) is 0.594. The predicted molar refractivity (Wildman–Crippen MR) is 106 cm³/mol. The van der Waals surface area contributed by atoms with Crippen LogP contribution in [0.15, 0.2) is 53.4 Å². The lowest BCUT2D eigenvalue weighted by Crippen LogP contribution is -2.16. The van der Waals surface area contributed by atoms with Crippen LogP contribution in [0.5, 0.6) is 5.75 Å². The fourth-order valence-corrected chi connectivity index (χ4v) is 5.47. The zero-order chi connectivity index (χ0) is 19.4. The standard InChI is InChI=1S/C19H19NO5S2/c1-3-24-14-11-9-13(10-12-14)20-27(22,23)18-15-7-5-6-8-16(15)26-17(18)19(21)25-4-2/h5-12,20H,3-4H2,1-2H3. The predicted octanol–water partition coefficient (Wildman–Crippen LogP) is 4.28. The van der Waals surface area contributed by atoms with E-state index in [9.17, 15) is 13.2 Å². The minimum absolute atomic E-state index is 0.0598. The SMILES string of the molecule is CCOC(=O)c1sc2ccccc2c1S(=O)(=O)Nc1ccc(OCC)cc1. The number of thiophene rings is 1. The molecular formula is C19H19NO5S2. The van der Waals surface area contributed by atoms with Gasteiger partial charge in [-0.05, 0) is 44.2 Å². The Kier molecular flexibility index (Phi) is 5.67. The molecule has 0 bridgehead atoms. The van der Waals surface area contributed by atoms with E-state index in [0.29, 0.717) is 28.1 Å². The topological polar surface area (TPSA) is 81.7 Å². The van der Waals surface area contributed by atoms with Gasteiger partial charge in [0.25, 0.3) is 10.0 Å². The van der Waals surface area contributed by atoms with E-state index in [4.69, 9.17) is 9.47 Å². The van der Waals surface area contributed by atoms with Gasteiger partial charge in [0.15, 0.2) is 0 Å². The molecule has 8 heteroatoms. The van der Waals surface area contributed by atoms with Crippen molar-refractivity contribution >= 4 is 43.1 Å². The first-order valence-corrected chi connectivity index (χ1v) is 10.7. The minimum Gasteiger partial charge on any atom is -0.494 e. The van der Waals surface area contributed by atoms with Gasteiger partial charge in [0.2, 0.25) is 0 Å². The molecule has 0 fully saturated rings. The summed E-state index contributed by atoms with van der Waals surface area (Å²) in [4.78, 5) is 12.3. The number of ether oxygens (including phenoxy) is 2. The molecule has 0 saturated heterocycles. The van der Waals surface area contributed by atoms with Gasteiger partial charge >= 0.3 is 5.97 Å². The Morgan fingerprint density at radius 1 is 1.04 bits per heavy atom. The molecule has 3 rings (SSSR count). The lowest BCUT2D eigenvalue weighted by atomic mass is 10.2. The lowest BCUT2D eigenvalue weighted by Gasteiger charge is -2.10. The molecule has 27 heavy (non-hydrogen) atoms. The number of nitrogens with one attached hydrogen (secondary N) is 1. The van der Waals surface area contributed by atoms with E-state index in [1.54, 1.807) is 55.5 Å². The van der Waals surface area contributed by atoms with Gasteiger partial charge in [-0.25, -0.2) is 13.2 Å². The first kappa shape index (κ1) is 19.2. The van der Waals surface area contributed by atoms with Crippen LogP contribution in [0.2, 0.25) is 0 Å². The average Bonchev–Trinajstić information content (AvgIpc) is 3.04. The van der Waals surface area contributed by atoms with Crippen LogP contribution in [-0.4, -0.2) is 27.6 Å². The van der Waals surface area contributed by atoms with Crippen LogP contribution in [0, 0.1) is 0 Å². The van der Waals surface area contributed by atoms with Crippen molar-refractivity contribution < 1.29 is 22.7 Å². The van der Waals surface area contributed by atoms with Crippen LogP contribution < -0.4 is 9.46 Å². The van der Waals surface area contributed by atoms with E-state index in [2.05, 4.69) is 4.72 Å². The van der Waals surface area contributed by atoms with Crippen molar-refractivity contribution in [3.8, 4) is 5.75 Å². The summed E-state index contributed by atoms with van der Waals surface area (Å²) in [5.41, 5.74) is 0.378. The van der Waals surface area contributed by atoms with Crippen molar-refractivity contribution in [2.45, 2.75) is 18.7 Å². The second kappa shape index (κ2) is 7.98. The molecular weight excluding hydrogens is 386 g/mol. The van der Waals surface area contributed by atoms with Crippen molar-refractivity contribution in [2.24, 2.45) is 0 Å². The Hall–Kier alpha value is -2.58. The highest BCUT2D eigenvalue weighted by molar-refractivity contribution is 7.93. The third-order valence-electron chi connectivity index (χ3n) is 3.70. The number of anilines is 1. The fraction of sp³-hybridized carbons (Fsp3) is 0.211. The van der Waals surface area contributed by atoms with Gasteiger partial charge < -0.3 is 9.47 Å². The van der Waals surface area contributed by atoms with E-state index in [-0.39, 0.29) is 16.4 Å². The zero-order valence-electron chi connectivity index (χ0n) is 14.9. The monoisotopic (exact) mass is 405 g/mol. The maximum Gasteiger partial charge on any atom is 0.349 e. The third-order valence-corrected chi connectivity index (χ3v) is 6.44. The van der Waals surface area contributed by atoms with Crippen molar-refractivity contribution in [2.75, 3.05) is 17.9 Å². The Morgan fingerprint density at radius 2 is 1.74 bits per heavy atom. The van der Waals surface area contributed by atoms with Crippen LogP contribution in [0.1, 0.15) is 23.5 Å². The van der Waals surface area contributed by atoms with Crippen molar-refractivity contribution in [1.82, 2.24) is 0 Å². The maximum atomic E-state index is 13.1. The molecule has 0 aliphatic rings. The molecule has 2 aromatic carbocycles. The molecule has 0 radical (unpaired) electrons. The Labute approximate surface area is 161 Å². The number of rotatable bonds is 7. The van der Waals surface area contributed by atoms with Gasteiger partial charge in [-0.3, -0.25) is 4.72 Å². The molecule has 0 spiro atoms. The normalized spacial score (nSPS) is 11.3. The number of fused-ring (bicyclic) bond motifs is 1. The van der Waals surface area contributed by atoms with Gasteiger partial charge in [0, 0.05) is 15.8 Å². The molecule has 0 saturated carbocycles. The molecule has 142 valence electrons. The number of hydrogen-bond acceptors (Lipinski definition) is 6. The maximum absolute atomic E-state index is 13.1. The van der Waals surface area contributed by atoms with Crippen molar-refractivity contribution in [3.05, 3.63) is 53.4 Å². The summed E-state index contributed by atoms with van der Waals surface area (Å²) in [6.45, 7) is 4.24. The van der Waals surface area contributed by atoms with E-state index in [0.717, 1.165) is 11.3 Å². The molecule has 0 aliphatic carbocycles. The Balaban J connectivity index is 2.03. The Morgan fingerprint density at radius 3 is 2.41 bits per heavy atom. The number of carbonyl (C=O) groups is 1. The second-order valence-electron chi connectivity index (χ2n) is 5.54. The average molecular weight is 405 g/mol. The number of sulfonamides is 1. The number of hydrogen-bond donors (Lipinski definition) is 1. The van der Waals surface area contributed by atoms with Crippen molar-refractivity contribution in [3.63, 3.8) is 0 Å². The molecule has 1 heterocycles. The lowest BCUT2D eigenvalue weighted by molar-refractivity contribution is 0.0528. The van der Waals surface area contributed by atoms with Gasteiger partial charge in [-0.15, -0.1) is 11.3 Å².